The van der Waals surface area contributed by atoms with E-state index in [0.29, 0.717) is 11.4 Å². The molecular formula is C16H16F3N3O5. The number of hydrogen-bond acceptors (Lipinski definition) is 6. The van der Waals surface area contributed by atoms with Crippen LogP contribution in [-0.4, -0.2) is 43.8 Å². The molecule has 11 heteroatoms. The first kappa shape index (κ1) is 21.5. The van der Waals surface area contributed by atoms with Gasteiger partial charge in [0, 0.05) is 5.39 Å². The highest BCUT2D eigenvalue weighted by atomic mass is 19.4. The Balaban J connectivity index is 0.000000445. The minimum Gasteiger partial charge on any atom is -0.495 e. The van der Waals surface area contributed by atoms with Crippen LogP contribution in [0.2, 0.25) is 0 Å². The predicted molar refractivity (Wildman–Crippen MR) is 92.0 cm³/mol. The molecular weight excluding hydrogens is 371 g/mol. The lowest BCUT2D eigenvalue weighted by atomic mass is 10.0. The second-order valence-corrected chi connectivity index (χ2v) is 4.82. The average molecular weight is 387 g/mol. The molecule has 0 saturated carbocycles. The zero-order valence-electron chi connectivity index (χ0n) is 14.2. The quantitative estimate of drug-likeness (QED) is 0.423. The third-order valence-electron chi connectivity index (χ3n) is 3.11. The first-order chi connectivity index (χ1) is 12.6. The van der Waals surface area contributed by atoms with Gasteiger partial charge in [0.05, 0.1) is 26.1 Å². The van der Waals surface area contributed by atoms with E-state index in [1.54, 1.807) is 6.07 Å². The van der Waals surface area contributed by atoms with E-state index < -0.39 is 18.2 Å². The van der Waals surface area contributed by atoms with Crippen molar-refractivity contribution >= 4 is 34.7 Å². The first-order valence-corrected chi connectivity index (χ1v) is 7.13. The Kier molecular flexibility index (Phi) is 7.39. The molecule has 0 saturated heterocycles. The lowest BCUT2D eigenvalue weighted by Crippen LogP contribution is -2.21. The van der Waals surface area contributed by atoms with Gasteiger partial charge in [-0.1, -0.05) is 18.2 Å². The molecule has 0 heterocycles. The Morgan fingerprint density at radius 1 is 1.22 bits per heavy atom. The summed E-state index contributed by atoms with van der Waals surface area (Å²) in [6.07, 6.45) is -4.12. The molecule has 0 aromatic heterocycles. The maximum Gasteiger partial charge on any atom is 0.490 e. The Labute approximate surface area is 151 Å². The van der Waals surface area contributed by atoms with Crippen molar-refractivity contribution in [2.24, 2.45) is 10.9 Å². The molecule has 2 rings (SSSR count). The number of halogens is 3. The molecule has 0 aliphatic carbocycles. The molecule has 2 aromatic carbocycles. The Bertz CT molecular complexity index is 853. The summed E-state index contributed by atoms with van der Waals surface area (Å²) in [6.45, 7) is 0. The van der Waals surface area contributed by atoms with Gasteiger partial charge in [0.15, 0.2) is 0 Å². The number of amides is 1. The van der Waals surface area contributed by atoms with Crippen LogP contribution in [0.15, 0.2) is 35.4 Å². The summed E-state index contributed by atoms with van der Waals surface area (Å²) in [5, 5.41) is 15.0. The van der Waals surface area contributed by atoms with E-state index in [0.717, 1.165) is 16.3 Å². The molecule has 4 N–H and O–H groups in total. The Morgan fingerprint density at radius 2 is 1.81 bits per heavy atom. The number of hydrogen-bond donors (Lipinski definition) is 3. The number of nitrogens with one attached hydrogen (secondary N) is 1. The lowest BCUT2D eigenvalue weighted by Gasteiger charge is -2.13. The number of nitrogens with zero attached hydrogens (tertiary/aromatic N) is 1. The van der Waals surface area contributed by atoms with Gasteiger partial charge in [-0.3, -0.25) is 5.32 Å². The maximum absolute atomic E-state index is 11.5. The molecule has 0 bridgehead atoms. The van der Waals surface area contributed by atoms with Gasteiger partial charge in [-0.25, -0.2) is 9.59 Å². The molecule has 8 nitrogen and oxygen atoms in total. The van der Waals surface area contributed by atoms with Gasteiger partial charge in [-0.2, -0.15) is 18.3 Å². The van der Waals surface area contributed by atoms with Crippen molar-refractivity contribution in [3.05, 3.63) is 35.9 Å². The largest absolute Gasteiger partial charge is 0.495 e. The van der Waals surface area contributed by atoms with E-state index in [1.807, 2.05) is 24.3 Å². The molecule has 0 radical (unpaired) electrons. The second kappa shape index (κ2) is 9.27. The van der Waals surface area contributed by atoms with E-state index in [1.165, 1.54) is 20.4 Å². The van der Waals surface area contributed by atoms with E-state index in [-0.39, 0.29) is 0 Å². The standard InChI is InChI=1S/C14H15N3O3.C2HF3O2/c1-19-12-6-5-10-4-3-9(8-16-15)7-11(10)13(12)17-14(18)20-2;3-2(4,5)1(6)7/h3-8H,15H2,1-2H3,(H,17,18);(H,6,7). The van der Waals surface area contributed by atoms with Gasteiger partial charge >= 0.3 is 18.2 Å². The molecule has 2 aromatic rings. The second-order valence-electron chi connectivity index (χ2n) is 4.82. The molecule has 27 heavy (non-hydrogen) atoms. The summed E-state index contributed by atoms with van der Waals surface area (Å²) in [5.74, 6) is 2.95. The molecule has 1 amide bonds. The van der Waals surface area contributed by atoms with Crippen molar-refractivity contribution in [2.75, 3.05) is 19.5 Å². The van der Waals surface area contributed by atoms with Crippen molar-refractivity contribution in [1.29, 1.82) is 0 Å². The number of hydrazone groups is 1. The molecule has 0 spiro atoms. The van der Waals surface area contributed by atoms with Crippen molar-refractivity contribution in [3.8, 4) is 5.75 Å². The van der Waals surface area contributed by atoms with E-state index >= 15 is 0 Å². The molecule has 0 aliphatic heterocycles. The van der Waals surface area contributed by atoms with Crippen LogP contribution < -0.4 is 15.9 Å². The van der Waals surface area contributed by atoms with E-state index in [9.17, 15) is 18.0 Å². The normalized spacial score (nSPS) is 10.9. The van der Waals surface area contributed by atoms with Gasteiger partial charge in [-0.15, -0.1) is 0 Å². The lowest BCUT2D eigenvalue weighted by molar-refractivity contribution is -0.192. The van der Waals surface area contributed by atoms with Crippen molar-refractivity contribution in [2.45, 2.75) is 6.18 Å². The third kappa shape index (κ3) is 6.06. The smallest absolute Gasteiger partial charge is 0.490 e. The third-order valence-corrected chi connectivity index (χ3v) is 3.11. The summed E-state index contributed by atoms with van der Waals surface area (Å²) < 4.78 is 41.6. The van der Waals surface area contributed by atoms with Crippen LogP contribution in [0.1, 0.15) is 5.56 Å². The fraction of sp³-hybridized carbons (Fsp3) is 0.188. The van der Waals surface area contributed by atoms with E-state index in [4.69, 9.17) is 20.5 Å². The molecule has 0 aliphatic rings. The SMILES string of the molecule is COC(=O)Nc1c(OC)ccc2ccc(C=NN)cc12.O=C(O)C(F)(F)F. The van der Waals surface area contributed by atoms with Gasteiger partial charge in [0.25, 0.3) is 0 Å². The summed E-state index contributed by atoms with van der Waals surface area (Å²) in [4.78, 5) is 20.4. The number of ether oxygens (including phenoxy) is 2. The average Bonchev–Trinajstić information content (AvgIpc) is 2.62. The summed E-state index contributed by atoms with van der Waals surface area (Å²) >= 11 is 0. The monoisotopic (exact) mass is 387 g/mol. The van der Waals surface area contributed by atoms with Gasteiger partial charge < -0.3 is 20.4 Å². The number of alkyl halides is 3. The Hall–Kier alpha value is -3.50. The fourth-order valence-electron chi connectivity index (χ4n) is 1.94. The van der Waals surface area contributed by atoms with Crippen LogP contribution >= 0.6 is 0 Å². The molecule has 0 unspecified atom stereocenters. The van der Waals surface area contributed by atoms with Crippen LogP contribution in [0.4, 0.5) is 23.7 Å². The summed E-state index contributed by atoms with van der Waals surface area (Å²) in [6, 6.07) is 9.34. The van der Waals surface area contributed by atoms with Crippen molar-refractivity contribution < 1.29 is 37.3 Å². The zero-order chi connectivity index (χ0) is 20.6. The number of carboxylic acids is 1. The van der Waals surface area contributed by atoms with Crippen LogP contribution in [0.5, 0.6) is 5.75 Å². The Morgan fingerprint density at radius 3 is 2.30 bits per heavy atom. The number of aliphatic carboxylic acids is 1. The van der Waals surface area contributed by atoms with Crippen LogP contribution in [0.3, 0.4) is 0 Å². The molecule has 0 atom stereocenters. The maximum atomic E-state index is 11.5. The highest BCUT2D eigenvalue weighted by Gasteiger charge is 2.38. The van der Waals surface area contributed by atoms with Crippen LogP contribution in [-0.2, 0) is 9.53 Å². The number of fused-ring (bicyclic) bond motifs is 1. The molecule has 146 valence electrons. The number of carbonyl (C=O) groups is 2. The minimum absolute atomic E-state index is 0.545. The van der Waals surface area contributed by atoms with Gasteiger partial charge in [0.2, 0.25) is 0 Å². The first-order valence-electron chi connectivity index (χ1n) is 7.13. The minimum atomic E-state index is -5.08. The number of rotatable bonds is 3. The predicted octanol–water partition coefficient (Wildman–Crippen LogP) is 2.95. The number of nitrogens with two attached hydrogens (primary N) is 1. The van der Waals surface area contributed by atoms with Crippen LogP contribution in [0.25, 0.3) is 10.8 Å². The van der Waals surface area contributed by atoms with Gasteiger partial charge in [-0.05, 0) is 23.1 Å². The van der Waals surface area contributed by atoms with E-state index in [2.05, 4.69) is 15.2 Å². The topological polar surface area (TPSA) is 123 Å². The number of benzene rings is 2. The van der Waals surface area contributed by atoms with Crippen molar-refractivity contribution in [3.63, 3.8) is 0 Å². The van der Waals surface area contributed by atoms with Crippen molar-refractivity contribution in [1.82, 2.24) is 0 Å². The summed E-state index contributed by atoms with van der Waals surface area (Å²) in [7, 11) is 2.84. The fourth-order valence-corrected chi connectivity index (χ4v) is 1.94. The number of methoxy groups -OCH3 is 2. The molecule has 0 fully saturated rings. The number of carbonyl (C=O) groups excluding carboxylic acids is 1. The highest BCUT2D eigenvalue weighted by Crippen LogP contribution is 2.33. The zero-order valence-corrected chi connectivity index (χ0v) is 14.2. The van der Waals surface area contributed by atoms with Crippen LogP contribution in [0, 0.1) is 0 Å². The summed E-state index contributed by atoms with van der Waals surface area (Å²) in [5.41, 5.74) is 1.37. The number of carboxylic acid groups (broad SMARTS) is 1. The van der Waals surface area contributed by atoms with Gasteiger partial charge in [0.1, 0.15) is 5.75 Å². The highest BCUT2D eigenvalue weighted by molar-refractivity contribution is 6.04. The number of anilines is 1.